The van der Waals surface area contributed by atoms with Crippen LogP contribution < -0.4 is 9.47 Å². The van der Waals surface area contributed by atoms with Crippen molar-refractivity contribution in [3.63, 3.8) is 0 Å². The van der Waals surface area contributed by atoms with Crippen molar-refractivity contribution in [3.05, 3.63) is 46.2 Å². The molecule has 0 unspecified atom stereocenters. The quantitative estimate of drug-likeness (QED) is 0.842. The molecule has 1 aromatic carbocycles. The van der Waals surface area contributed by atoms with Crippen LogP contribution in [0, 0.1) is 0 Å². The van der Waals surface area contributed by atoms with Crippen molar-refractivity contribution >= 4 is 23.2 Å². The summed E-state index contributed by atoms with van der Waals surface area (Å²) in [4.78, 5) is 25.1. The van der Waals surface area contributed by atoms with Gasteiger partial charge in [0.25, 0.3) is 5.91 Å². The first-order chi connectivity index (χ1) is 11.0. The van der Waals surface area contributed by atoms with E-state index in [0.717, 1.165) is 11.3 Å². The van der Waals surface area contributed by atoms with Gasteiger partial charge in [-0.15, -0.1) is 11.3 Å². The molecular formula is C16H17NO5S. The fraction of sp³-hybridized carbons (Fsp3) is 0.250. The molecule has 1 aromatic heterocycles. The van der Waals surface area contributed by atoms with E-state index >= 15 is 0 Å². The number of amides is 1. The van der Waals surface area contributed by atoms with Crippen LogP contribution in [0.5, 0.6) is 11.5 Å². The van der Waals surface area contributed by atoms with Crippen LogP contribution in [0.4, 0.5) is 0 Å². The number of carbonyl (C=O) groups is 2. The van der Waals surface area contributed by atoms with Gasteiger partial charge in [0.05, 0.1) is 18.5 Å². The summed E-state index contributed by atoms with van der Waals surface area (Å²) in [7, 11) is 3.21. The number of hydrogen-bond acceptors (Lipinski definition) is 5. The third-order valence-electron chi connectivity index (χ3n) is 3.13. The molecule has 122 valence electrons. The number of methoxy groups -OCH3 is 1. The molecule has 7 heteroatoms. The second-order valence-corrected chi connectivity index (χ2v) is 5.78. The highest BCUT2D eigenvalue weighted by molar-refractivity contribution is 7.15. The Hall–Kier alpha value is -2.54. The van der Waals surface area contributed by atoms with Crippen molar-refractivity contribution < 1.29 is 24.2 Å². The van der Waals surface area contributed by atoms with Gasteiger partial charge in [-0.3, -0.25) is 4.79 Å². The van der Waals surface area contributed by atoms with Crippen molar-refractivity contribution in [1.29, 1.82) is 0 Å². The number of carboxylic acid groups (broad SMARTS) is 1. The Kier molecular flexibility index (Phi) is 5.59. The van der Waals surface area contributed by atoms with Gasteiger partial charge < -0.3 is 19.5 Å². The maximum absolute atomic E-state index is 12.2. The molecule has 0 aliphatic carbocycles. The van der Waals surface area contributed by atoms with Gasteiger partial charge in [0.1, 0.15) is 11.5 Å². The Labute approximate surface area is 137 Å². The lowest BCUT2D eigenvalue weighted by Crippen LogP contribution is -2.30. The summed E-state index contributed by atoms with van der Waals surface area (Å²) in [6.45, 7) is 0.678. The Morgan fingerprint density at radius 1 is 1.13 bits per heavy atom. The molecule has 0 aliphatic rings. The molecule has 1 heterocycles. The Morgan fingerprint density at radius 3 is 2.39 bits per heavy atom. The fourth-order valence-electron chi connectivity index (χ4n) is 1.89. The van der Waals surface area contributed by atoms with Crippen molar-refractivity contribution in [2.24, 2.45) is 0 Å². The smallest absolute Gasteiger partial charge is 0.345 e. The topological polar surface area (TPSA) is 76.1 Å². The molecule has 0 spiro atoms. The van der Waals surface area contributed by atoms with Gasteiger partial charge in [-0.25, -0.2) is 4.79 Å². The van der Waals surface area contributed by atoms with Crippen LogP contribution in [0.25, 0.3) is 0 Å². The first-order valence-electron chi connectivity index (χ1n) is 6.87. The zero-order valence-electron chi connectivity index (χ0n) is 12.8. The van der Waals surface area contributed by atoms with Crippen molar-refractivity contribution in [1.82, 2.24) is 4.90 Å². The Bertz CT molecular complexity index is 697. The number of thiophene rings is 1. The molecule has 2 rings (SSSR count). The standard InChI is InChI=1S/C16H17NO5S/c1-17(15(18)13-7-8-14(23-13)16(19)20)9-10-22-12-6-4-3-5-11(12)21-2/h3-8H,9-10H2,1-2H3,(H,19,20). The Morgan fingerprint density at radius 2 is 1.78 bits per heavy atom. The lowest BCUT2D eigenvalue weighted by atomic mass is 10.3. The molecule has 0 fully saturated rings. The van der Waals surface area contributed by atoms with Crippen molar-refractivity contribution in [2.75, 3.05) is 27.3 Å². The minimum absolute atomic E-state index is 0.145. The maximum Gasteiger partial charge on any atom is 0.345 e. The van der Waals surface area contributed by atoms with Gasteiger partial charge in [-0.1, -0.05) is 12.1 Å². The summed E-state index contributed by atoms with van der Waals surface area (Å²) in [5.74, 6) is -0.0201. The highest BCUT2D eigenvalue weighted by Crippen LogP contribution is 2.25. The van der Waals surface area contributed by atoms with Crippen molar-refractivity contribution in [3.8, 4) is 11.5 Å². The van der Waals surface area contributed by atoms with E-state index in [-0.39, 0.29) is 10.8 Å². The minimum Gasteiger partial charge on any atom is -0.493 e. The zero-order chi connectivity index (χ0) is 16.8. The Balaban J connectivity index is 1.90. The molecule has 23 heavy (non-hydrogen) atoms. The molecular weight excluding hydrogens is 318 g/mol. The SMILES string of the molecule is COc1ccccc1OCCN(C)C(=O)c1ccc(C(=O)O)s1. The second-order valence-electron chi connectivity index (χ2n) is 4.70. The molecule has 0 bridgehead atoms. The highest BCUT2D eigenvalue weighted by Gasteiger charge is 2.16. The third-order valence-corrected chi connectivity index (χ3v) is 4.19. The largest absolute Gasteiger partial charge is 0.493 e. The molecule has 1 N–H and O–H groups in total. The summed E-state index contributed by atoms with van der Waals surface area (Å²) in [6, 6.07) is 10.2. The number of para-hydroxylation sites is 2. The van der Waals surface area contributed by atoms with Gasteiger partial charge >= 0.3 is 5.97 Å². The first-order valence-corrected chi connectivity index (χ1v) is 7.69. The predicted molar refractivity (Wildman–Crippen MR) is 86.7 cm³/mol. The summed E-state index contributed by atoms with van der Waals surface area (Å²) < 4.78 is 10.8. The summed E-state index contributed by atoms with van der Waals surface area (Å²) in [5, 5.41) is 8.89. The van der Waals surface area contributed by atoms with E-state index in [2.05, 4.69) is 0 Å². The fourth-order valence-corrected chi connectivity index (χ4v) is 2.73. The molecule has 2 aromatic rings. The lowest BCUT2D eigenvalue weighted by Gasteiger charge is -2.17. The van der Waals surface area contributed by atoms with E-state index in [9.17, 15) is 9.59 Å². The van der Waals surface area contributed by atoms with Crippen LogP contribution in [0.3, 0.4) is 0 Å². The van der Waals surface area contributed by atoms with Crippen LogP contribution in [0.1, 0.15) is 19.3 Å². The molecule has 1 amide bonds. The molecule has 6 nitrogen and oxygen atoms in total. The van der Waals surface area contributed by atoms with Crippen LogP contribution in [0.15, 0.2) is 36.4 Å². The van der Waals surface area contributed by atoms with Crippen LogP contribution >= 0.6 is 11.3 Å². The molecule has 0 radical (unpaired) electrons. The molecule has 0 saturated heterocycles. The monoisotopic (exact) mass is 335 g/mol. The van der Waals surface area contributed by atoms with Gasteiger partial charge in [-0.05, 0) is 24.3 Å². The van der Waals surface area contributed by atoms with Gasteiger partial charge in [-0.2, -0.15) is 0 Å². The molecule has 0 saturated carbocycles. The van der Waals surface area contributed by atoms with Gasteiger partial charge in [0, 0.05) is 7.05 Å². The minimum atomic E-state index is -1.03. The van der Waals surface area contributed by atoms with E-state index in [1.807, 2.05) is 12.1 Å². The number of likely N-dealkylation sites (N-methyl/N-ethyl adjacent to an activating group) is 1. The van der Waals surface area contributed by atoms with Crippen molar-refractivity contribution in [2.45, 2.75) is 0 Å². The number of nitrogens with zero attached hydrogens (tertiary/aromatic N) is 1. The summed E-state index contributed by atoms with van der Waals surface area (Å²) in [5.41, 5.74) is 0. The number of rotatable bonds is 7. The van der Waals surface area contributed by atoms with Gasteiger partial charge in [0.15, 0.2) is 11.5 Å². The van der Waals surface area contributed by atoms with E-state index in [1.165, 1.54) is 17.0 Å². The van der Waals surface area contributed by atoms with E-state index in [4.69, 9.17) is 14.6 Å². The second kappa shape index (κ2) is 7.64. The predicted octanol–water partition coefficient (Wildman–Crippen LogP) is 2.61. The zero-order valence-corrected chi connectivity index (χ0v) is 13.6. The number of carbonyl (C=O) groups excluding carboxylic acids is 1. The number of carboxylic acids is 1. The molecule has 0 atom stereocenters. The summed E-state index contributed by atoms with van der Waals surface area (Å²) in [6.07, 6.45) is 0. The number of ether oxygens (including phenoxy) is 2. The van der Waals surface area contributed by atoms with E-state index < -0.39 is 5.97 Å². The average molecular weight is 335 g/mol. The third kappa shape index (κ3) is 4.23. The van der Waals surface area contributed by atoms with E-state index in [0.29, 0.717) is 29.5 Å². The van der Waals surface area contributed by atoms with Crippen LogP contribution in [-0.2, 0) is 0 Å². The molecule has 0 aliphatic heterocycles. The highest BCUT2D eigenvalue weighted by atomic mass is 32.1. The number of benzene rings is 1. The van der Waals surface area contributed by atoms with Crippen LogP contribution in [-0.4, -0.2) is 49.2 Å². The number of hydrogen-bond donors (Lipinski definition) is 1. The summed E-state index contributed by atoms with van der Waals surface area (Å²) >= 11 is 0.962. The first kappa shape index (κ1) is 16.8. The number of aromatic carboxylic acids is 1. The van der Waals surface area contributed by atoms with Gasteiger partial charge in [0.2, 0.25) is 0 Å². The average Bonchev–Trinajstić information content (AvgIpc) is 3.04. The van der Waals surface area contributed by atoms with E-state index in [1.54, 1.807) is 26.3 Å². The van der Waals surface area contributed by atoms with Crippen LogP contribution in [0.2, 0.25) is 0 Å². The lowest BCUT2D eigenvalue weighted by molar-refractivity contribution is 0.0701. The maximum atomic E-state index is 12.2. The normalized spacial score (nSPS) is 10.2.